The molecule has 0 aromatic rings. The van der Waals surface area contributed by atoms with Crippen molar-refractivity contribution < 1.29 is 4.74 Å². The van der Waals surface area contributed by atoms with Crippen LogP contribution in [0.3, 0.4) is 0 Å². The topological polar surface area (TPSA) is 33.6 Å². The van der Waals surface area contributed by atoms with Gasteiger partial charge >= 0.3 is 0 Å². The van der Waals surface area contributed by atoms with Crippen LogP contribution >= 0.6 is 0 Å². The van der Waals surface area contributed by atoms with E-state index in [4.69, 9.17) is 4.74 Å². The van der Waals surface area contributed by atoms with Crippen LogP contribution in [0.25, 0.3) is 0 Å². The summed E-state index contributed by atoms with van der Waals surface area (Å²) in [6, 6.07) is 0.566. The Labute approximate surface area is 85.9 Å². The third kappa shape index (κ3) is 2.47. The summed E-state index contributed by atoms with van der Waals surface area (Å²) >= 11 is 0. The Morgan fingerprint density at radius 2 is 2.21 bits per heavy atom. The van der Waals surface area contributed by atoms with Crippen molar-refractivity contribution in [3.63, 3.8) is 0 Å². The van der Waals surface area contributed by atoms with E-state index in [1.54, 1.807) is 0 Å². The Kier molecular flexibility index (Phi) is 3.40. The van der Waals surface area contributed by atoms with Gasteiger partial charge in [0.15, 0.2) is 0 Å². The minimum Gasteiger partial charge on any atom is -0.381 e. The van der Waals surface area contributed by atoms with Crippen molar-refractivity contribution in [3.05, 3.63) is 0 Å². The molecule has 1 fully saturated rings. The zero-order valence-electron chi connectivity index (χ0n) is 8.96. The third-order valence-electron chi connectivity index (χ3n) is 3.24. The van der Waals surface area contributed by atoms with Crippen LogP contribution in [0.1, 0.15) is 32.6 Å². The fraction of sp³-hybridized carbons (Fsp3) is 0.909. The molecule has 1 saturated heterocycles. The number of rotatable bonds is 2. The van der Waals surface area contributed by atoms with Gasteiger partial charge in [-0.05, 0) is 32.1 Å². The molecule has 0 aromatic heterocycles. The molecule has 0 saturated carbocycles. The molecule has 1 unspecified atom stereocenters. The highest BCUT2D eigenvalue weighted by atomic mass is 16.5. The van der Waals surface area contributed by atoms with Crippen LogP contribution in [0, 0.1) is 5.92 Å². The van der Waals surface area contributed by atoms with Gasteiger partial charge in [0.2, 0.25) is 0 Å². The lowest BCUT2D eigenvalue weighted by atomic mass is 9.93. The summed E-state index contributed by atoms with van der Waals surface area (Å²) in [5.74, 6) is 2.00. The van der Waals surface area contributed by atoms with E-state index >= 15 is 0 Å². The minimum absolute atomic E-state index is 0.566. The van der Waals surface area contributed by atoms with Gasteiger partial charge in [-0.3, -0.25) is 4.99 Å². The van der Waals surface area contributed by atoms with Crippen molar-refractivity contribution in [2.24, 2.45) is 10.9 Å². The first-order valence-corrected chi connectivity index (χ1v) is 5.74. The number of nitrogens with zero attached hydrogens (tertiary/aromatic N) is 1. The van der Waals surface area contributed by atoms with Crippen LogP contribution in [0.4, 0.5) is 0 Å². The fourth-order valence-corrected chi connectivity index (χ4v) is 2.25. The quantitative estimate of drug-likeness (QED) is 0.727. The molecular weight excluding hydrogens is 176 g/mol. The van der Waals surface area contributed by atoms with Crippen molar-refractivity contribution in [2.75, 3.05) is 19.8 Å². The molecule has 3 nitrogen and oxygen atoms in total. The number of amidine groups is 1. The van der Waals surface area contributed by atoms with Gasteiger partial charge in [0.05, 0.1) is 5.84 Å². The molecule has 2 aliphatic heterocycles. The summed E-state index contributed by atoms with van der Waals surface area (Å²) in [6.45, 7) is 5.16. The summed E-state index contributed by atoms with van der Waals surface area (Å²) in [7, 11) is 0. The normalized spacial score (nSPS) is 25.9. The minimum atomic E-state index is 0.566. The molecule has 0 aromatic carbocycles. The third-order valence-corrected chi connectivity index (χ3v) is 3.24. The molecule has 0 aliphatic carbocycles. The maximum absolute atomic E-state index is 5.36. The maximum Gasteiger partial charge on any atom is 0.0965 e. The Morgan fingerprint density at radius 3 is 2.86 bits per heavy atom. The molecule has 3 heteroatoms. The van der Waals surface area contributed by atoms with Crippen molar-refractivity contribution in [1.29, 1.82) is 0 Å². The first-order valence-electron chi connectivity index (χ1n) is 5.74. The summed E-state index contributed by atoms with van der Waals surface area (Å²) < 4.78 is 5.36. The predicted octanol–water partition coefficient (Wildman–Crippen LogP) is 1.58. The second-order valence-corrected chi connectivity index (χ2v) is 4.31. The van der Waals surface area contributed by atoms with E-state index in [1.807, 2.05) is 0 Å². The molecule has 0 spiro atoms. The first kappa shape index (κ1) is 9.97. The van der Waals surface area contributed by atoms with Gasteiger partial charge in [0.1, 0.15) is 0 Å². The SMILES string of the molecule is CC(NC1=NCCC1)C1CCOCC1. The van der Waals surface area contributed by atoms with E-state index < -0.39 is 0 Å². The van der Waals surface area contributed by atoms with E-state index in [9.17, 15) is 0 Å². The predicted molar refractivity (Wildman–Crippen MR) is 57.7 cm³/mol. The maximum atomic E-state index is 5.36. The zero-order valence-corrected chi connectivity index (χ0v) is 8.96. The molecule has 0 amide bonds. The molecule has 0 radical (unpaired) electrons. The van der Waals surface area contributed by atoms with Crippen LogP contribution in [-0.4, -0.2) is 31.6 Å². The lowest BCUT2D eigenvalue weighted by Gasteiger charge is -2.28. The fourth-order valence-electron chi connectivity index (χ4n) is 2.25. The summed E-state index contributed by atoms with van der Waals surface area (Å²) in [5.41, 5.74) is 0. The van der Waals surface area contributed by atoms with E-state index in [0.29, 0.717) is 6.04 Å². The zero-order chi connectivity index (χ0) is 9.80. The highest BCUT2D eigenvalue weighted by Crippen LogP contribution is 2.19. The van der Waals surface area contributed by atoms with Gasteiger partial charge in [-0.1, -0.05) is 0 Å². The van der Waals surface area contributed by atoms with E-state index in [-0.39, 0.29) is 0 Å². The highest BCUT2D eigenvalue weighted by Gasteiger charge is 2.21. The van der Waals surface area contributed by atoms with Crippen LogP contribution < -0.4 is 5.32 Å². The number of nitrogens with one attached hydrogen (secondary N) is 1. The first-order chi connectivity index (χ1) is 6.86. The van der Waals surface area contributed by atoms with Gasteiger partial charge in [-0.25, -0.2) is 0 Å². The molecule has 1 N–H and O–H groups in total. The van der Waals surface area contributed by atoms with Gasteiger partial charge in [-0.15, -0.1) is 0 Å². The van der Waals surface area contributed by atoms with Crippen molar-refractivity contribution in [1.82, 2.24) is 5.32 Å². The Morgan fingerprint density at radius 1 is 1.43 bits per heavy atom. The molecule has 2 aliphatic rings. The van der Waals surface area contributed by atoms with Gasteiger partial charge < -0.3 is 10.1 Å². The number of aliphatic imine (C=N–C) groups is 1. The Balaban J connectivity index is 1.78. The second kappa shape index (κ2) is 4.78. The number of ether oxygens (including phenoxy) is 1. The Hall–Kier alpha value is -0.570. The molecule has 14 heavy (non-hydrogen) atoms. The van der Waals surface area contributed by atoms with E-state index in [1.165, 1.54) is 25.1 Å². The van der Waals surface area contributed by atoms with Crippen molar-refractivity contribution >= 4 is 5.84 Å². The highest BCUT2D eigenvalue weighted by molar-refractivity contribution is 5.83. The van der Waals surface area contributed by atoms with Gasteiger partial charge in [0.25, 0.3) is 0 Å². The molecule has 2 heterocycles. The van der Waals surface area contributed by atoms with Crippen LogP contribution in [-0.2, 0) is 4.74 Å². The van der Waals surface area contributed by atoms with E-state index in [0.717, 1.165) is 32.1 Å². The molecule has 80 valence electrons. The Bertz CT molecular complexity index is 209. The molecular formula is C11H20N2O. The summed E-state index contributed by atoms with van der Waals surface area (Å²) in [5, 5.41) is 3.54. The van der Waals surface area contributed by atoms with Crippen molar-refractivity contribution in [3.8, 4) is 0 Å². The smallest absolute Gasteiger partial charge is 0.0965 e. The summed E-state index contributed by atoms with van der Waals surface area (Å²) in [6.07, 6.45) is 4.76. The lowest BCUT2D eigenvalue weighted by molar-refractivity contribution is 0.0581. The summed E-state index contributed by atoms with van der Waals surface area (Å²) in [4.78, 5) is 4.44. The molecule has 1 atom stereocenters. The number of hydrogen-bond acceptors (Lipinski definition) is 3. The standard InChI is InChI=1S/C11H20N2O/c1-9(10-4-7-14-8-5-10)13-11-3-2-6-12-11/h9-10H,2-8H2,1H3,(H,12,13). The molecule has 0 bridgehead atoms. The van der Waals surface area contributed by atoms with Crippen LogP contribution in [0.15, 0.2) is 4.99 Å². The van der Waals surface area contributed by atoms with Crippen LogP contribution in [0.2, 0.25) is 0 Å². The lowest BCUT2D eigenvalue weighted by Crippen LogP contribution is -2.39. The molecule has 2 rings (SSSR count). The average Bonchev–Trinajstić information content (AvgIpc) is 2.72. The average molecular weight is 196 g/mol. The second-order valence-electron chi connectivity index (χ2n) is 4.31. The largest absolute Gasteiger partial charge is 0.381 e. The van der Waals surface area contributed by atoms with Gasteiger partial charge in [0, 0.05) is 32.2 Å². The number of hydrogen-bond donors (Lipinski definition) is 1. The van der Waals surface area contributed by atoms with Crippen LogP contribution in [0.5, 0.6) is 0 Å². The monoisotopic (exact) mass is 196 g/mol. The van der Waals surface area contributed by atoms with Gasteiger partial charge in [-0.2, -0.15) is 0 Å². The van der Waals surface area contributed by atoms with Crippen molar-refractivity contribution in [2.45, 2.75) is 38.6 Å². The van der Waals surface area contributed by atoms with E-state index in [2.05, 4.69) is 17.2 Å².